The van der Waals surface area contributed by atoms with Crippen LogP contribution in [0, 0.1) is 0 Å². The van der Waals surface area contributed by atoms with Gasteiger partial charge in [0.25, 0.3) is 0 Å². The topological polar surface area (TPSA) is 86.2 Å². The number of hydrogen-bond acceptors (Lipinski definition) is 2. The number of nitrogens with two attached hydrogens (primary N) is 2. The third kappa shape index (κ3) is 47.4. The smallest absolute Gasteiger partial charge is 0.217 e. The van der Waals surface area contributed by atoms with Gasteiger partial charge in [0.05, 0.1) is 0 Å². The third-order valence-corrected chi connectivity index (χ3v) is 8.37. The first kappa shape index (κ1) is 44.5. The average molecular weight is 619 g/mol. The lowest BCUT2D eigenvalue weighted by molar-refractivity contribution is -0.119. The fraction of sp³-hybridized carbons (Fsp3) is 0.850. The number of amides is 2. The quantitative estimate of drug-likeness (QED) is 0.0555. The molecular weight excluding hydrogens is 540 g/mol. The highest BCUT2D eigenvalue weighted by Crippen LogP contribution is 2.13. The van der Waals surface area contributed by atoms with Gasteiger partial charge in [0.1, 0.15) is 0 Å². The lowest BCUT2D eigenvalue weighted by Gasteiger charge is -2.01. The van der Waals surface area contributed by atoms with Crippen LogP contribution in [0.2, 0.25) is 0 Å². The first-order valence-electron chi connectivity index (χ1n) is 19.4. The summed E-state index contributed by atoms with van der Waals surface area (Å²) in [6.07, 6.45) is 49.7. The van der Waals surface area contributed by atoms with Crippen molar-refractivity contribution in [1.29, 1.82) is 0 Å². The van der Waals surface area contributed by atoms with Crippen LogP contribution in [0.5, 0.6) is 0 Å². The second-order valence-corrected chi connectivity index (χ2v) is 13.0. The number of allylic oxidation sites excluding steroid dienone is 4. The molecule has 4 N–H and O–H groups in total. The molecule has 2 amide bonds. The fourth-order valence-electron chi connectivity index (χ4n) is 5.45. The van der Waals surface area contributed by atoms with Crippen LogP contribution in [0.25, 0.3) is 0 Å². The zero-order valence-corrected chi connectivity index (χ0v) is 29.9. The Bertz CT molecular complexity index is 629. The number of unbranched alkanes of at least 4 members (excludes halogenated alkanes) is 26. The summed E-state index contributed by atoms with van der Waals surface area (Å²) in [6, 6.07) is 0. The zero-order valence-electron chi connectivity index (χ0n) is 29.9. The molecule has 0 saturated carbocycles. The maximum absolute atomic E-state index is 10.6. The van der Waals surface area contributed by atoms with Crippen LogP contribution in [0.3, 0.4) is 0 Å². The maximum Gasteiger partial charge on any atom is 0.217 e. The van der Waals surface area contributed by atoms with Crippen molar-refractivity contribution in [2.24, 2.45) is 11.5 Å². The molecule has 4 nitrogen and oxygen atoms in total. The monoisotopic (exact) mass is 619 g/mol. The minimum absolute atomic E-state index is 0.156. The average Bonchev–Trinajstić information content (AvgIpc) is 3.00. The second kappa shape index (κ2) is 41.4. The lowest BCUT2D eigenvalue weighted by atomic mass is 10.1. The largest absolute Gasteiger partial charge is 0.370 e. The molecule has 0 heterocycles. The van der Waals surface area contributed by atoms with Gasteiger partial charge in [0, 0.05) is 12.8 Å². The van der Waals surface area contributed by atoms with Gasteiger partial charge in [-0.2, -0.15) is 0 Å². The van der Waals surface area contributed by atoms with Gasteiger partial charge in [-0.3, -0.25) is 9.59 Å². The Kier molecular flexibility index (Phi) is 41.9. The highest BCUT2D eigenvalue weighted by molar-refractivity contribution is 5.73. The highest BCUT2D eigenvalue weighted by Gasteiger charge is 1.96. The van der Waals surface area contributed by atoms with Crippen molar-refractivity contribution in [3.8, 4) is 0 Å². The number of rotatable bonds is 34. The predicted molar refractivity (Wildman–Crippen MR) is 196 cm³/mol. The Morgan fingerprint density at radius 1 is 0.341 bits per heavy atom. The van der Waals surface area contributed by atoms with E-state index in [0.717, 1.165) is 25.7 Å². The van der Waals surface area contributed by atoms with E-state index in [9.17, 15) is 9.59 Å². The standard InChI is InChI=1S/C22H43NO.C18H35NO/c1-2-3-4-5-6-7-8-9-10-11-12-13-14-15-16-17-18-19-20-21-22(23)24;1-2-3-4-5-6-7-8-9-10-11-12-13-14-15-16-17-18(19)20/h9-10H,2-8,11-21H2,1H3,(H2,23,24);9-10H,2-8,11-17H2,1H3,(H2,19,20)/b2*10-9-. The van der Waals surface area contributed by atoms with E-state index < -0.39 is 0 Å². The molecule has 0 fully saturated rings. The summed E-state index contributed by atoms with van der Waals surface area (Å²) in [5.74, 6) is -0.321. The predicted octanol–water partition coefficient (Wildman–Crippen LogP) is 12.6. The van der Waals surface area contributed by atoms with E-state index in [0.29, 0.717) is 12.8 Å². The van der Waals surface area contributed by atoms with Crippen LogP contribution in [0.1, 0.15) is 219 Å². The van der Waals surface area contributed by atoms with Gasteiger partial charge < -0.3 is 11.5 Å². The molecule has 0 bridgehead atoms. The molecule has 0 aliphatic heterocycles. The van der Waals surface area contributed by atoms with Crippen LogP contribution in [-0.2, 0) is 9.59 Å². The molecule has 0 aliphatic carbocycles. The summed E-state index contributed by atoms with van der Waals surface area (Å²) in [4.78, 5) is 21.1. The van der Waals surface area contributed by atoms with E-state index >= 15 is 0 Å². The number of carbonyl (C=O) groups is 2. The van der Waals surface area contributed by atoms with Gasteiger partial charge in [0.2, 0.25) is 11.8 Å². The molecule has 0 saturated heterocycles. The first-order valence-corrected chi connectivity index (χ1v) is 19.4. The highest BCUT2D eigenvalue weighted by atomic mass is 16.1. The van der Waals surface area contributed by atoms with Gasteiger partial charge >= 0.3 is 0 Å². The van der Waals surface area contributed by atoms with E-state index in [1.54, 1.807) is 0 Å². The Morgan fingerprint density at radius 3 is 0.773 bits per heavy atom. The third-order valence-electron chi connectivity index (χ3n) is 8.37. The van der Waals surface area contributed by atoms with Crippen LogP contribution >= 0.6 is 0 Å². The van der Waals surface area contributed by atoms with Gasteiger partial charge in [-0.25, -0.2) is 0 Å². The number of primary amides is 2. The Morgan fingerprint density at radius 2 is 0.545 bits per heavy atom. The second-order valence-electron chi connectivity index (χ2n) is 13.0. The normalized spacial score (nSPS) is 11.3. The van der Waals surface area contributed by atoms with Gasteiger partial charge in [0.15, 0.2) is 0 Å². The molecule has 0 radical (unpaired) electrons. The molecule has 0 aromatic carbocycles. The van der Waals surface area contributed by atoms with E-state index in [1.807, 2.05) is 0 Å². The molecule has 0 aromatic heterocycles. The molecule has 0 aromatic rings. The molecule has 0 atom stereocenters. The summed E-state index contributed by atoms with van der Waals surface area (Å²) in [6.45, 7) is 4.54. The van der Waals surface area contributed by atoms with E-state index in [-0.39, 0.29) is 11.8 Å². The van der Waals surface area contributed by atoms with Crippen molar-refractivity contribution < 1.29 is 9.59 Å². The van der Waals surface area contributed by atoms with Crippen molar-refractivity contribution in [2.45, 2.75) is 219 Å². The summed E-state index contributed by atoms with van der Waals surface area (Å²) in [5.41, 5.74) is 10.2. The SMILES string of the molecule is CCCCCCCC/C=C\CCCCCCCC(N)=O.CCCCCCCC/C=C\CCCCCCCCCCCC(N)=O. The first-order chi connectivity index (χ1) is 21.5. The van der Waals surface area contributed by atoms with Crippen LogP contribution < -0.4 is 11.5 Å². The van der Waals surface area contributed by atoms with Gasteiger partial charge in [-0.05, 0) is 64.2 Å². The molecule has 0 rings (SSSR count). The Hall–Kier alpha value is -1.58. The van der Waals surface area contributed by atoms with Crippen molar-refractivity contribution in [2.75, 3.05) is 0 Å². The molecule has 260 valence electrons. The zero-order chi connectivity index (χ0) is 32.6. The maximum atomic E-state index is 10.6. The minimum atomic E-state index is -0.164. The Balaban J connectivity index is 0. The molecule has 44 heavy (non-hydrogen) atoms. The summed E-state index contributed by atoms with van der Waals surface area (Å²) in [5, 5.41) is 0. The van der Waals surface area contributed by atoms with Crippen LogP contribution in [0.15, 0.2) is 24.3 Å². The lowest BCUT2D eigenvalue weighted by Crippen LogP contribution is -2.09. The van der Waals surface area contributed by atoms with E-state index in [4.69, 9.17) is 11.5 Å². The van der Waals surface area contributed by atoms with Crippen molar-refractivity contribution in [3.63, 3.8) is 0 Å². The Labute approximate surface area is 276 Å². The van der Waals surface area contributed by atoms with Crippen molar-refractivity contribution >= 4 is 11.8 Å². The number of hydrogen-bond donors (Lipinski definition) is 2. The van der Waals surface area contributed by atoms with Gasteiger partial charge in [-0.1, -0.05) is 167 Å². The van der Waals surface area contributed by atoms with Crippen LogP contribution in [-0.4, -0.2) is 11.8 Å². The molecule has 0 unspecified atom stereocenters. The molecule has 0 spiro atoms. The van der Waals surface area contributed by atoms with E-state index in [2.05, 4.69) is 38.2 Å². The molecular formula is C40H78N2O2. The fourth-order valence-corrected chi connectivity index (χ4v) is 5.45. The number of carbonyl (C=O) groups excluding carboxylic acids is 2. The summed E-state index contributed by atoms with van der Waals surface area (Å²) < 4.78 is 0. The van der Waals surface area contributed by atoms with Crippen molar-refractivity contribution in [3.05, 3.63) is 24.3 Å². The van der Waals surface area contributed by atoms with E-state index in [1.165, 1.54) is 167 Å². The van der Waals surface area contributed by atoms with Gasteiger partial charge in [-0.15, -0.1) is 0 Å². The molecule has 4 heteroatoms. The molecule has 0 aliphatic rings. The summed E-state index contributed by atoms with van der Waals surface area (Å²) in [7, 11) is 0. The van der Waals surface area contributed by atoms with Crippen molar-refractivity contribution in [1.82, 2.24) is 0 Å². The minimum Gasteiger partial charge on any atom is -0.370 e. The van der Waals surface area contributed by atoms with Crippen LogP contribution in [0.4, 0.5) is 0 Å². The summed E-state index contributed by atoms with van der Waals surface area (Å²) >= 11 is 0.